The first-order chi connectivity index (χ1) is 15.2. The van der Waals surface area contributed by atoms with E-state index in [1.807, 2.05) is 13.0 Å². The van der Waals surface area contributed by atoms with Gasteiger partial charge in [0.25, 0.3) is 5.56 Å². The molecule has 8 nitrogen and oxygen atoms in total. The van der Waals surface area contributed by atoms with E-state index in [4.69, 9.17) is 23.7 Å². The zero-order valence-corrected chi connectivity index (χ0v) is 21.7. The first-order valence-electron chi connectivity index (χ1n) is 10.9. The third kappa shape index (κ3) is 4.40. The largest absolute Gasteiger partial charge is 0.478 e. The van der Waals surface area contributed by atoms with E-state index in [2.05, 4.69) is 40.6 Å². The molecule has 2 saturated heterocycles. The van der Waals surface area contributed by atoms with Gasteiger partial charge in [-0.2, -0.15) is 0 Å². The predicted molar refractivity (Wildman–Crippen MR) is 127 cm³/mol. The summed E-state index contributed by atoms with van der Waals surface area (Å²) in [5.74, 6) is 0.442. The fraction of sp³-hybridized carbons (Fsp3) is 0.636. The molecule has 0 amide bonds. The highest BCUT2D eigenvalue weighted by Gasteiger charge is 2.64. The van der Waals surface area contributed by atoms with Crippen molar-refractivity contribution in [1.82, 2.24) is 9.55 Å². The summed E-state index contributed by atoms with van der Waals surface area (Å²) in [6.45, 7) is 11.6. The molecule has 2 aromatic rings. The lowest BCUT2D eigenvalue weighted by molar-refractivity contribution is -0.109. The van der Waals surface area contributed by atoms with E-state index in [1.54, 1.807) is 6.07 Å². The average Bonchev–Trinajstić information content (AvgIpc) is 3.22. The van der Waals surface area contributed by atoms with Crippen molar-refractivity contribution in [2.45, 2.75) is 50.5 Å². The minimum Gasteiger partial charge on any atom is -0.478 e. The van der Waals surface area contributed by atoms with Crippen LogP contribution in [-0.4, -0.2) is 68.5 Å². The molecule has 0 radical (unpaired) electrons. The summed E-state index contributed by atoms with van der Waals surface area (Å²) >= 11 is 3.51. The smallest absolute Gasteiger partial charge is 0.266 e. The van der Waals surface area contributed by atoms with Crippen LogP contribution in [0.2, 0.25) is 25.7 Å². The predicted octanol–water partition coefficient (Wildman–Crippen LogP) is 3.42. The van der Waals surface area contributed by atoms with Crippen molar-refractivity contribution in [2.24, 2.45) is 0 Å². The van der Waals surface area contributed by atoms with Crippen LogP contribution in [0.5, 0.6) is 5.75 Å². The van der Waals surface area contributed by atoms with Gasteiger partial charge in [-0.3, -0.25) is 9.36 Å². The molecule has 4 rings (SSSR count). The number of benzene rings is 1. The molecule has 1 aromatic heterocycles. The van der Waals surface area contributed by atoms with Crippen LogP contribution in [0.15, 0.2) is 27.7 Å². The van der Waals surface area contributed by atoms with Crippen molar-refractivity contribution in [3.63, 3.8) is 0 Å². The summed E-state index contributed by atoms with van der Waals surface area (Å²) < 4.78 is 32.1. The summed E-state index contributed by atoms with van der Waals surface area (Å²) in [4.78, 5) is 17.9. The molecule has 10 heteroatoms. The third-order valence-corrected chi connectivity index (χ3v) is 8.36. The van der Waals surface area contributed by atoms with Gasteiger partial charge in [-0.25, -0.2) is 4.98 Å². The Kier molecular flexibility index (Phi) is 6.82. The van der Waals surface area contributed by atoms with Gasteiger partial charge in [0.2, 0.25) is 0 Å². The molecule has 0 bridgehead atoms. The zero-order chi connectivity index (χ0) is 23.0. The number of nitrogens with zero attached hydrogens (tertiary/aromatic N) is 2. The van der Waals surface area contributed by atoms with Gasteiger partial charge in [-0.15, -0.1) is 0 Å². The Labute approximate surface area is 197 Å². The first kappa shape index (κ1) is 23.8. The van der Waals surface area contributed by atoms with Crippen molar-refractivity contribution in [3.05, 3.63) is 33.3 Å². The number of hydrogen-bond donors (Lipinski definition) is 0. The quantitative estimate of drug-likeness (QED) is 0.365. The third-order valence-electron chi connectivity index (χ3n) is 6.02. The molecule has 0 aliphatic carbocycles. The highest BCUT2D eigenvalue weighted by molar-refractivity contribution is 9.10. The molecule has 2 fully saturated rings. The van der Waals surface area contributed by atoms with Gasteiger partial charge in [0, 0.05) is 25.8 Å². The minimum absolute atomic E-state index is 0.151. The van der Waals surface area contributed by atoms with Crippen molar-refractivity contribution in [3.8, 4) is 5.75 Å². The van der Waals surface area contributed by atoms with Crippen LogP contribution in [0.1, 0.15) is 6.92 Å². The van der Waals surface area contributed by atoms with Gasteiger partial charge in [0.15, 0.2) is 11.2 Å². The lowest BCUT2D eigenvalue weighted by atomic mass is 9.89. The Balaban J connectivity index is 1.66. The van der Waals surface area contributed by atoms with Crippen LogP contribution < -0.4 is 10.3 Å². The topological polar surface area (TPSA) is 81.0 Å². The highest BCUT2D eigenvalue weighted by atomic mass is 79.9. The molecule has 0 saturated carbocycles. The normalized spacial score (nSPS) is 25.4. The number of halogens is 1. The number of rotatable bonds is 9. The van der Waals surface area contributed by atoms with Crippen LogP contribution in [0, 0.1) is 0 Å². The average molecular weight is 527 g/mol. The van der Waals surface area contributed by atoms with Crippen molar-refractivity contribution in [2.75, 3.05) is 39.6 Å². The first-order valence-corrected chi connectivity index (χ1v) is 15.4. The van der Waals surface area contributed by atoms with Gasteiger partial charge in [-0.1, -0.05) is 19.6 Å². The molecule has 2 aliphatic rings. The fourth-order valence-corrected chi connectivity index (χ4v) is 5.34. The molecule has 1 aromatic carbocycles. The van der Waals surface area contributed by atoms with Crippen molar-refractivity contribution >= 4 is 34.9 Å². The maximum atomic E-state index is 13.4. The summed E-state index contributed by atoms with van der Waals surface area (Å²) in [5, 5.41) is 0.397. The van der Waals surface area contributed by atoms with Crippen molar-refractivity contribution in [1.29, 1.82) is 0 Å². The number of hydrogen-bond acceptors (Lipinski definition) is 7. The minimum atomic E-state index is -1.21. The van der Waals surface area contributed by atoms with E-state index in [-0.39, 0.29) is 12.3 Å². The molecule has 32 heavy (non-hydrogen) atoms. The Morgan fingerprint density at radius 3 is 2.50 bits per heavy atom. The molecule has 0 N–H and O–H groups in total. The standard InChI is InChI=1S/C22H31BrN2O6Si/c1-5-30-21-10-28-12-22(21,13-29-11-21)31-17-7-6-16(23)19-18(17)20(26)25(14-24-19)15-27-8-9-32(2,3)4/h6-7,14H,5,8-13,15H2,1-4H3. The van der Waals surface area contributed by atoms with Gasteiger partial charge in [0.05, 0.1) is 31.9 Å². The second kappa shape index (κ2) is 9.15. The maximum Gasteiger partial charge on any atom is 0.266 e. The van der Waals surface area contributed by atoms with Crippen LogP contribution in [0.3, 0.4) is 0 Å². The summed E-state index contributed by atoms with van der Waals surface area (Å²) in [6.07, 6.45) is 1.52. The second-order valence-electron chi connectivity index (χ2n) is 9.65. The molecule has 176 valence electrons. The van der Waals surface area contributed by atoms with E-state index in [0.717, 1.165) is 10.5 Å². The summed E-state index contributed by atoms with van der Waals surface area (Å²) in [6, 6.07) is 4.65. The van der Waals surface area contributed by atoms with Crippen LogP contribution >= 0.6 is 15.9 Å². The Morgan fingerprint density at radius 1 is 1.16 bits per heavy atom. The van der Waals surface area contributed by atoms with Crippen LogP contribution in [-0.2, 0) is 25.7 Å². The molecular weight excluding hydrogens is 496 g/mol. The number of ether oxygens (including phenoxy) is 5. The molecule has 0 atom stereocenters. The Bertz CT molecular complexity index is 1030. The van der Waals surface area contributed by atoms with Gasteiger partial charge >= 0.3 is 0 Å². The number of fused-ring (bicyclic) bond motifs is 2. The van der Waals surface area contributed by atoms with Crippen LogP contribution in [0.25, 0.3) is 10.9 Å². The van der Waals surface area contributed by atoms with Crippen LogP contribution in [0.4, 0.5) is 0 Å². The lowest BCUT2D eigenvalue weighted by Gasteiger charge is -2.36. The SMILES string of the molecule is CCOC12COCC1(Oc1ccc(Br)c3ncn(COCC[Si](C)(C)C)c(=O)c13)COC2. The lowest BCUT2D eigenvalue weighted by Crippen LogP contribution is -2.58. The van der Waals surface area contributed by atoms with Gasteiger partial charge in [0.1, 0.15) is 24.2 Å². The van der Waals surface area contributed by atoms with Gasteiger partial charge in [-0.05, 0) is 41.0 Å². The fourth-order valence-electron chi connectivity index (χ4n) is 4.15. The van der Waals surface area contributed by atoms with Crippen molar-refractivity contribution < 1.29 is 23.7 Å². The zero-order valence-electron chi connectivity index (χ0n) is 19.1. The van der Waals surface area contributed by atoms with E-state index >= 15 is 0 Å². The summed E-state index contributed by atoms with van der Waals surface area (Å²) in [5.41, 5.74) is -1.18. The monoisotopic (exact) mass is 526 g/mol. The molecule has 2 aliphatic heterocycles. The Morgan fingerprint density at radius 2 is 1.84 bits per heavy atom. The molecule has 3 heterocycles. The van der Waals surface area contributed by atoms with E-state index in [0.29, 0.717) is 56.3 Å². The van der Waals surface area contributed by atoms with E-state index < -0.39 is 19.3 Å². The van der Waals surface area contributed by atoms with E-state index in [1.165, 1.54) is 10.9 Å². The maximum absolute atomic E-state index is 13.4. The van der Waals surface area contributed by atoms with Gasteiger partial charge < -0.3 is 23.7 Å². The second-order valence-corrected chi connectivity index (χ2v) is 16.1. The highest BCUT2D eigenvalue weighted by Crippen LogP contribution is 2.43. The number of aromatic nitrogens is 2. The molecular formula is C22H31BrN2O6Si. The Hall–Kier alpha value is -1.30. The summed E-state index contributed by atoms with van der Waals surface area (Å²) in [7, 11) is -1.21. The molecule has 0 spiro atoms. The molecule has 0 unspecified atom stereocenters. The van der Waals surface area contributed by atoms with E-state index in [9.17, 15) is 4.79 Å².